The number of carbonyl (C=O) groups is 1. The van der Waals surface area contributed by atoms with Crippen molar-refractivity contribution >= 4 is 28.8 Å². The highest BCUT2D eigenvalue weighted by atomic mass is 32.2. The molecule has 0 unspecified atom stereocenters. The fraction of sp³-hybridized carbons (Fsp3) is 0.385. The molecule has 0 bridgehead atoms. The van der Waals surface area contributed by atoms with Gasteiger partial charge in [0.2, 0.25) is 0 Å². The topological polar surface area (TPSA) is 55.1 Å². The van der Waals surface area contributed by atoms with Crippen LogP contribution in [0.15, 0.2) is 18.2 Å². The Morgan fingerprint density at radius 1 is 1.53 bits per heavy atom. The van der Waals surface area contributed by atoms with Crippen LogP contribution in [0.2, 0.25) is 0 Å². The van der Waals surface area contributed by atoms with Crippen LogP contribution in [0.5, 0.6) is 0 Å². The minimum Gasteiger partial charge on any atom is -0.481 e. The first-order valence-electron chi connectivity index (χ1n) is 5.95. The Balaban J connectivity index is 2.36. The van der Waals surface area contributed by atoms with Crippen LogP contribution in [-0.2, 0) is 10.5 Å². The fourth-order valence-corrected chi connectivity index (χ4v) is 2.69. The maximum absolute atomic E-state index is 13.3. The van der Waals surface area contributed by atoms with Gasteiger partial charge in [-0.05, 0) is 32.0 Å². The lowest BCUT2D eigenvalue weighted by Gasteiger charge is -2.12. The molecule has 1 aromatic heterocycles. The molecule has 1 aromatic carbocycles. The monoisotopic (exact) mass is 282 g/mol. The molecular weight excluding hydrogens is 267 g/mol. The molecule has 2 rings (SSSR count). The molecule has 1 N–H and O–H groups in total. The Morgan fingerprint density at radius 2 is 2.26 bits per heavy atom. The van der Waals surface area contributed by atoms with E-state index in [0.29, 0.717) is 5.75 Å². The summed E-state index contributed by atoms with van der Waals surface area (Å²) < 4.78 is 15.3. The average molecular weight is 282 g/mol. The molecule has 0 aliphatic rings. The van der Waals surface area contributed by atoms with Gasteiger partial charge in [-0.3, -0.25) is 4.79 Å². The van der Waals surface area contributed by atoms with E-state index in [0.717, 1.165) is 16.9 Å². The second-order valence-corrected chi connectivity index (χ2v) is 5.50. The Morgan fingerprint density at radius 3 is 2.89 bits per heavy atom. The van der Waals surface area contributed by atoms with Crippen LogP contribution in [0.3, 0.4) is 0 Å². The number of aliphatic carboxylic acids is 1. The Labute approximate surface area is 114 Å². The van der Waals surface area contributed by atoms with E-state index in [9.17, 15) is 9.18 Å². The normalized spacial score (nSPS) is 11.4. The predicted molar refractivity (Wildman–Crippen MR) is 73.9 cm³/mol. The smallest absolute Gasteiger partial charge is 0.313 e. The van der Waals surface area contributed by atoms with Crippen LogP contribution >= 0.6 is 11.8 Å². The van der Waals surface area contributed by atoms with E-state index in [1.54, 1.807) is 6.07 Å². The van der Waals surface area contributed by atoms with Gasteiger partial charge in [-0.15, -0.1) is 11.8 Å². The standard InChI is InChI=1S/C13H15FN2O2S/c1-8(2)16-11-5-9(14)3-4-10(11)15-12(16)6-19-7-13(17)18/h3-5,8H,6-7H2,1-2H3,(H,17,18). The number of nitrogens with zero attached hydrogens (tertiary/aromatic N) is 2. The molecule has 0 spiro atoms. The van der Waals surface area contributed by atoms with Crippen molar-refractivity contribution in [2.24, 2.45) is 0 Å². The first kappa shape index (κ1) is 13.9. The second-order valence-electron chi connectivity index (χ2n) is 4.51. The van der Waals surface area contributed by atoms with Gasteiger partial charge in [0.05, 0.1) is 22.5 Å². The summed E-state index contributed by atoms with van der Waals surface area (Å²) in [6, 6.07) is 4.64. The number of rotatable bonds is 5. The Bertz CT molecular complexity index is 610. The molecule has 6 heteroatoms. The minimum atomic E-state index is -0.844. The highest BCUT2D eigenvalue weighted by Gasteiger charge is 2.14. The zero-order chi connectivity index (χ0) is 14.0. The van der Waals surface area contributed by atoms with Crippen LogP contribution in [0, 0.1) is 5.82 Å². The van der Waals surface area contributed by atoms with Gasteiger partial charge in [0, 0.05) is 6.04 Å². The summed E-state index contributed by atoms with van der Waals surface area (Å²) in [6.45, 7) is 3.99. The van der Waals surface area contributed by atoms with Crippen molar-refractivity contribution < 1.29 is 14.3 Å². The lowest BCUT2D eigenvalue weighted by molar-refractivity contribution is -0.133. The molecule has 19 heavy (non-hydrogen) atoms. The second kappa shape index (κ2) is 5.61. The summed E-state index contributed by atoms with van der Waals surface area (Å²) >= 11 is 1.29. The summed E-state index contributed by atoms with van der Waals surface area (Å²) in [4.78, 5) is 15.0. The predicted octanol–water partition coefficient (Wildman–Crippen LogP) is 3.07. The third-order valence-corrected chi connectivity index (χ3v) is 3.61. The van der Waals surface area contributed by atoms with E-state index in [-0.39, 0.29) is 17.6 Å². The van der Waals surface area contributed by atoms with Gasteiger partial charge in [-0.25, -0.2) is 9.37 Å². The maximum atomic E-state index is 13.3. The Hall–Kier alpha value is -1.56. The minimum absolute atomic E-state index is 0.0374. The van der Waals surface area contributed by atoms with E-state index in [1.807, 2.05) is 18.4 Å². The lowest BCUT2D eigenvalue weighted by Crippen LogP contribution is -2.06. The highest BCUT2D eigenvalue weighted by molar-refractivity contribution is 7.99. The van der Waals surface area contributed by atoms with E-state index in [2.05, 4.69) is 4.98 Å². The van der Waals surface area contributed by atoms with Gasteiger partial charge in [0.15, 0.2) is 0 Å². The van der Waals surface area contributed by atoms with Gasteiger partial charge < -0.3 is 9.67 Å². The van der Waals surface area contributed by atoms with Gasteiger partial charge in [-0.2, -0.15) is 0 Å². The van der Waals surface area contributed by atoms with E-state index in [4.69, 9.17) is 5.11 Å². The van der Waals surface area contributed by atoms with Crippen molar-refractivity contribution in [3.63, 3.8) is 0 Å². The summed E-state index contributed by atoms with van der Waals surface area (Å²) in [5.74, 6) is 0.181. The molecule has 0 saturated carbocycles. The van der Waals surface area contributed by atoms with Gasteiger partial charge in [0.1, 0.15) is 11.6 Å². The van der Waals surface area contributed by atoms with Crippen molar-refractivity contribution in [1.82, 2.24) is 9.55 Å². The first-order valence-corrected chi connectivity index (χ1v) is 7.10. The highest BCUT2D eigenvalue weighted by Crippen LogP contribution is 2.24. The lowest BCUT2D eigenvalue weighted by atomic mass is 10.3. The van der Waals surface area contributed by atoms with E-state index < -0.39 is 5.97 Å². The molecule has 0 aliphatic carbocycles. The number of hydrogen-bond acceptors (Lipinski definition) is 3. The number of fused-ring (bicyclic) bond motifs is 1. The number of halogens is 1. The zero-order valence-electron chi connectivity index (χ0n) is 10.8. The Kier molecular flexibility index (Phi) is 4.09. The molecular formula is C13H15FN2O2S. The van der Waals surface area contributed by atoms with Crippen LogP contribution in [0.1, 0.15) is 25.7 Å². The number of thioether (sulfide) groups is 1. The van der Waals surface area contributed by atoms with Crippen LogP contribution in [0.4, 0.5) is 4.39 Å². The van der Waals surface area contributed by atoms with Crippen LogP contribution in [-0.4, -0.2) is 26.4 Å². The number of benzene rings is 1. The van der Waals surface area contributed by atoms with Crippen molar-refractivity contribution in [2.75, 3.05) is 5.75 Å². The molecule has 0 fully saturated rings. The van der Waals surface area contributed by atoms with Crippen molar-refractivity contribution in [3.8, 4) is 0 Å². The molecule has 1 heterocycles. The van der Waals surface area contributed by atoms with Crippen LogP contribution < -0.4 is 0 Å². The summed E-state index contributed by atoms with van der Waals surface area (Å²) in [7, 11) is 0. The van der Waals surface area contributed by atoms with E-state index >= 15 is 0 Å². The van der Waals surface area contributed by atoms with Crippen LogP contribution in [0.25, 0.3) is 11.0 Å². The number of carboxylic acids is 1. The van der Waals surface area contributed by atoms with Gasteiger partial charge >= 0.3 is 5.97 Å². The zero-order valence-corrected chi connectivity index (χ0v) is 11.6. The van der Waals surface area contributed by atoms with Gasteiger partial charge in [0.25, 0.3) is 0 Å². The fourth-order valence-electron chi connectivity index (χ4n) is 2.02. The molecule has 4 nitrogen and oxygen atoms in total. The molecule has 0 saturated heterocycles. The number of hydrogen-bond donors (Lipinski definition) is 1. The van der Waals surface area contributed by atoms with Crippen molar-refractivity contribution in [3.05, 3.63) is 29.8 Å². The molecule has 0 atom stereocenters. The summed E-state index contributed by atoms with van der Waals surface area (Å²) in [5.41, 5.74) is 1.49. The number of aromatic nitrogens is 2. The third kappa shape index (κ3) is 3.07. The molecule has 0 amide bonds. The first-order chi connectivity index (χ1) is 8.99. The maximum Gasteiger partial charge on any atom is 0.313 e. The molecule has 102 valence electrons. The van der Waals surface area contributed by atoms with Crippen molar-refractivity contribution in [2.45, 2.75) is 25.6 Å². The third-order valence-electron chi connectivity index (χ3n) is 2.70. The summed E-state index contributed by atoms with van der Waals surface area (Å²) in [5, 5.41) is 8.65. The average Bonchev–Trinajstić information content (AvgIpc) is 2.65. The molecule has 0 aliphatic heterocycles. The van der Waals surface area contributed by atoms with E-state index in [1.165, 1.54) is 23.9 Å². The largest absolute Gasteiger partial charge is 0.481 e. The number of carboxylic acid groups (broad SMARTS) is 1. The quantitative estimate of drug-likeness (QED) is 0.915. The molecule has 0 radical (unpaired) electrons. The van der Waals surface area contributed by atoms with Crippen molar-refractivity contribution in [1.29, 1.82) is 0 Å². The summed E-state index contributed by atoms with van der Waals surface area (Å²) in [6.07, 6.45) is 0. The number of imidazole rings is 1. The van der Waals surface area contributed by atoms with Gasteiger partial charge in [-0.1, -0.05) is 0 Å². The molecule has 2 aromatic rings. The SMILES string of the molecule is CC(C)n1c(CSCC(=O)O)nc2ccc(F)cc21.